The predicted octanol–water partition coefficient (Wildman–Crippen LogP) is 1.78. The summed E-state index contributed by atoms with van der Waals surface area (Å²) in [6, 6.07) is 8.57. The highest BCUT2D eigenvalue weighted by Gasteiger charge is 2.26. The van der Waals surface area contributed by atoms with Crippen molar-refractivity contribution in [2.75, 3.05) is 52.8 Å². The van der Waals surface area contributed by atoms with E-state index in [-0.39, 0.29) is 5.54 Å². The van der Waals surface area contributed by atoms with Gasteiger partial charge in [0, 0.05) is 38.3 Å². The lowest BCUT2D eigenvalue weighted by molar-refractivity contribution is 0.197. The zero-order valence-electron chi connectivity index (χ0n) is 16.5. The summed E-state index contributed by atoms with van der Waals surface area (Å²) >= 11 is 0. The first-order valence-electron chi connectivity index (χ1n) is 8.90. The molecule has 1 saturated heterocycles. The molecule has 0 bridgehead atoms. The van der Waals surface area contributed by atoms with Crippen LogP contribution in [-0.2, 0) is 0 Å². The van der Waals surface area contributed by atoms with E-state index in [4.69, 9.17) is 4.74 Å². The fraction of sp³-hybridized carbons (Fsp3) is 0.632. The minimum Gasteiger partial charge on any atom is -0.495 e. The fourth-order valence-electron chi connectivity index (χ4n) is 2.83. The molecule has 2 rings (SSSR count). The molecule has 1 heterocycles. The van der Waals surface area contributed by atoms with E-state index in [1.165, 1.54) is 0 Å². The molecule has 1 unspecified atom stereocenters. The zero-order valence-corrected chi connectivity index (χ0v) is 16.5. The molecule has 0 radical (unpaired) electrons. The van der Waals surface area contributed by atoms with Gasteiger partial charge in [0.25, 0.3) is 0 Å². The highest BCUT2D eigenvalue weighted by Crippen LogP contribution is 2.30. The highest BCUT2D eigenvalue weighted by atomic mass is 16.5. The molecule has 1 atom stereocenters. The van der Waals surface area contributed by atoms with Gasteiger partial charge in [0.1, 0.15) is 5.75 Å². The Morgan fingerprint density at radius 2 is 2.08 bits per heavy atom. The topological polar surface area (TPSA) is 52.1 Å². The maximum absolute atomic E-state index is 5.49. The van der Waals surface area contributed by atoms with Crippen molar-refractivity contribution in [2.24, 2.45) is 4.99 Å². The zero-order chi connectivity index (χ0) is 18.4. The van der Waals surface area contributed by atoms with Crippen LogP contribution in [0.4, 0.5) is 5.69 Å². The fourth-order valence-corrected chi connectivity index (χ4v) is 2.83. The van der Waals surface area contributed by atoms with E-state index in [9.17, 15) is 0 Å². The van der Waals surface area contributed by atoms with Gasteiger partial charge in [-0.1, -0.05) is 12.1 Å². The number of nitrogens with one attached hydrogen (secondary N) is 2. The largest absolute Gasteiger partial charge is 0.495 e. The number of rotatable bonds is 6. The lowest BCUT2D eigenvalue weighted by Crippen LogP contribution is -2.52. The lowest BCUT2D eigenvalue weighted by Gasteiger charge is -2.33. The van der Waals surface area contributed by atoms with Crippen molar-refractivity contribution in [1.82, 2.24) is 15.5 Å². The van der Waals surface area contributed by atoms with Gasteiger partial charge in [-0.05, 0) is 46.5 Å². The molecule has 0 aliphatic carbocycles. The molecule has 0 spiro atoms. The predicted molar refractivity (Wildman–Crippen MR) is 106 cm³/mol. The second-order valence-electron chi connectivity index (χ2n) is 7.38. The average molecular weight is 348 g/mol. The molecule has 2 N–H and O–H groups in total. The number of likely N-dealkylation sites (N-methyl/N-ethyl adjacent to an activating group) is 1. The van der Waals surface area contributed by atoms with E-state index in [1.54, 1.807) is 7.11 Å². The Morgan fingerprint density at radius 3 is 2.72 bits per heavy atom. The van der Waals surface area contributed by atoms with Gasteiger partial charge in [0.2, 0.25) is 0 Å². The van der Waals surface area contributed by atoms with Gasteiger partial charge in [-0.2, -0.15) is 0 Å². The molecule has 1 fully saturated rings. The number of guanidine groups is 1. The van der Waals surface area contributed by atoms with Gasteiger partial charge in [0.15, 0.2) is 5.96 Å². The Balaban J connectivity index is 1.91. The number of benzene rings is 1. The van der Waals surface area contributed by atoms with Gasteiger partial charge < -0.3 is 25.2 Å². The molecule has 140 valence electrons. The molecule has 6 nitrogen and oxygen atoms in total. The van der Waals surface area contributed by atoms with E-state index >= 15 is 0 Å². The summed E-state index contributed by atoms with van der Waals surface area (Å²) < 4.78 is 5.49. The van der Waals surface area contributed by atoms with Crippen LogP contribution in [0.5, 0.6) is 5.75 Å². The van der Waals surface area contributed by atoms with Crippen LogP contribution in [0, 0.1) is 0 Å². The number of hydrogen-bond donors (Lipinski definition) is 2. The van der Waals surface area contributed by atoms with E-state index in [0.717, 1.165) is 43.5 Å². The number of ether oxygens (including phenoxy) is 1. The number of hydrogen-bond acceptors (Lipinski definition) is 4. The molecule has 1 aliphatic rings. The van der Waals surface area contributed by atoms with Gasteiger partial charge in [-0.3, -0.25) is 4.99 Å². The van der Waals surface area contributed by atoms with Crippen molar-refractivity contribution >= 4 is 11.6 Å². The molecule has 0 saturated carbocycles. The maximum atomic E-state index is 5.49. The van der Waals surface area contributed by atoms with Crippen molar-refractivity contribution in [3.8, 4) is 5.75 Å². The summed E-state index contributed by atoms with van der Waals surface area (Å²) in [5.41, 5.74) is 1.22. The molecular formula is C19H33N5O. The van der Waals surface area contributed by atoms with Crippen molar-refractivity contribution in [3.63, 3.8) is 0 Å². The van der Waals surface area contributed by atoms with E-state index in [2.05, 4.69) is 65.5 Å². The summed E-state index contributed by atoms with van der Waals surface area (Å²) in [7, 11) is 7.74. The molecule has 1 aromatic rings. The molecule has 6 heteroatoms. The van der Waals surface area contributed by atoms with Gasteiger partial charge >= 0.3 is 0 Å². The Morgan fingerprint density at radius 1 is 1.36 bits per heavy atom. The van der Waals surface area contributed by atoms with Crippen LogP contribution in [0.15, 0.2) is 29.3 Å². The van der Waals surface area contributed by atoms with Crippen LogP contribution >= 0.6 is 0 Å². The number of aliphatic imine (C=N–C) groups is 1. The second kappa shape index (κ2) is 8.43. The van der Waals surface area contributed by atoms with E-state index in [1.807, 2.05) is 19.2 Å². The quantitative estimate of drug-likeness (QED) is 0.607. The van der Waals surface area contributed by atoms with Crippen LogP contribution in [0.25, 0.3) is 0 Å². The number of anilines is 1. The standard InChI is InChI=1S/C19H33N5O/c1-19(2,23(4)5)14-21-18(20-3)22-15-11-12-24(13-15)16-9-7-8-10-17(16)25-6/h7-10,15H,11-14H2,1-6H3,(H2,20,21,22). The molecule has 1 aromatic carbocycles. The van der Waals surface area contributed by atoms with Crippen LogP contribution in [0.3, 0.4) is 0 Å². The van der Waals surface area contributed by atoms with Gasteiger partial charge in [-0.25, -0.2) is 0 Å². The summed E-state index contributed by atoms with van der Waals surface area (Å²) in [6.45, 7) is 7.22. The molecule has 0 amide bonds. The van der Waals surface area contributed by atoms with E-state index < -0.39 is 0 Å². The third-order valence-corrected chi connectivity index (χ3v) is 5.08. The Labute approximate surface area is 152 Å². The third kappa shape index (κ3) is 5.01. The number of methoxy groups -OCH3 is 1. The first kappa shape index (κ1) is 19.4. The lowest BCUT2D eigenvalue weighted by atomic mass is 10.0. The van der Waals surface area contributed by atoms with Crippen molar-refractivity contribution in [3.05, 3.63) is 24.3 Å². The molecule has 25 heavy (non-hydrogen) atoms. The normalized spacial score (nSPS) is 18.6. The van der Waals surface area contributed by atoms with Crippen molar-refractivity contribution in [2.45, 2.75) is 31.8 Å². The van der Waals surface area contributed by atoms with Crippen LogP contribution in [-0.4, -0.2) is 70.3 Å². The smallest absolute Gasteiger partial charge is 0.191 e. The summed E-state index contributed by atoms with van der Waals surface area (Å²) in [4.78, 5) is 8.96. The van der Waals surface area contributed by atoms with Gasteiger partial charge in [-0.15, -0.1) is 0 Å². The van der Waals surface area contributed by atoms with Gasteiger partial charge in [0.05, 0.1) is 12.8 Å². The average Bonchev–Trinajstić information content (AvgIpc) is 3.06. The maximum Gasteiger partial charge on any atom is 0.191 e. The van der Waals surface area contributed by atoms with E-state index in [0.29, 0.717) is 6.04 Å². The second-order valence-corrected chi connectivity index (χ2v) is 7.38. The van der Waals surface area contributed by atoms with Crippen molar-refractivity contribution < 1.29 is 4.74 Å². The highest BCUT2D eigenvalue weighted by molar-refractivity contribution is 5.80. The van der Waals surface area contributed by atoms with Crippen LogP contribution in [0.2, 0.25) is 0 Å². The minimum atomic E-state index is 0.0662. The first-order chi connectivity index (χ1) is 11.9. The monoisotopic (exact) mass is 347 g/mol. The summed E-state index contributed by atoms with van der Waals surface area (Å²) in [6.07, 6.45) is 1.08. The number of nitrogens with zero attached hydrogens (tertiary/aromatic N) is 3. The first-order valence-corrected chi connectivity index (χ1v) is 8.90. The Bertz CT molecular complexity index is 585. The molecule has 0 aromatic heterocycles. The molecule has 1 aliphatic heterocycles. The Kier molecular flexibility index (Phi) is 6.53. The minimum absolute atomic E-state index is 0.0662. The Hall–Kier alpha value is -1.95. The van der Waals surface area contributed by atoms with Crippen LogP contribution in [0.1, 0.15) is 20.3 Å². The van der Waals surface area contributed by atoms with Crippen molar-refractivity contribution in [1.29, 1.82) is 0 Å². The SMILES string of the molecule is CN=C(NCC(C)(C)N(C)C)NC1CCN(c2ccccc2OC)C1. The summed E-state index contributed by atoms with van der Waals surface area (Å²) in [5.74, 6) is 1.79. The van der Waals surface area contributed by atoms with Crippen LogP contribution < -0.4 is 20.3 Å². The molecular weight excluding hydrogens is 314 g/mol. The number of para-hydroxylation sites is 2. The third-order valence-electron chi connectivity index (χ3n) is 5.08. The summed E-state index contributed by atoms with van der Waals surface area (Å²) in [5, 5.41) is 7.00.